The Bertz CT molecular complexity index is 888. The summed E-state index contributed by atoms with van der Waals surface area (Å²) in [6, 6.07) is 19.7. The van der Waals surface area contributed by atoms with Gasteiger partial charge in [0.05, 0.1) is 11.5 Å². The number of hydrogen-bond acceptors (Lipinski definition) is 4. The molecule has 0 saturated carbocycles. The van der Waals surface area contributed by atoms with Crippen LogP contribution in [-0.4, -0.2) is 44.8 Å². The van der Waals surface area contributed by atoms with Crippen LogP contribution in [0.2, 0.25) is 0 Å². The maximum absolute atomic E-state index is 12.4. The number of rotatable bonds is 10. The zero-order valence-electron chi connectivity index (χ0n) is 17.6. The third-order valence-electron chi connectivity index (χ3n) is 5.66. The SMILES string of the molecule is O=C(C[C@H]1CS(=O)(=O)C[C@@H]1CC(=O)NCCc1ccccc1)NCCc1ccccc1. The van der Waals surface area contributed by atoms with Gasteiger partial charge in [-0.3, -0.25) is 9.59 Å². The van der Waals surface area contributed by atoms with Crippen molar-refractivity contribution in [2.45, 2.75) is 25.7 Å². The Balaban J connectivity index is 1.43. The average molecular weight is 443 g/mol. The highest BCUT2D eigenvalue weighted by Gasteiger charge is 2.39. The lowest BCUT2D eigenvalue weighted by molar-refractivity contribution is -0.124. The molecule has 1 aliphatic rings. The molecule has 1 aliphatic heterocycles. The van der Waals surface area contributed by atoms with E-state index in [2.05, 4.69) is 10.6 Å². The van der Waals surface area contributed by atoms with Gasteiger partial charge in [-0.25, -0.2) is 8.42 Å². The molecule has 6 nitrogen and oxygen atoms in total. The first-order valence-corrected chi connectivity index (χ1v) is 12.5. The minimum absolute atomic E-state index is 0.0267. The monoisotopic (exact) mass is 442 g/mol. The van der Waals surface area contributed by atoms with Crippen LogP contribution in [0.25, 0.3) is 0 Å². The van der Waals surface area contributed by atoms with E-state index in [0.29, 0.717) is 13.1 Å². The van der Waals surface area contributed by atoms with Crippen LogP contribution in [0.3, 0.4) is 0 Å². The molecular weight excluding hydrogens is 412 g/mol. The van der Waals surface area contributed by atoms with E-state index in [4.69, 9.17) is 0 Å². The molecule has 31 heavy (non-hydrogen) atoms. The fourth-order valence-corrected chi connectivity index (χ4v) is 6.27. The van der Waals surface area contributed by atoms with E-state index in [1.54, 1.807) is 0 Å². The van der Waals surface area contributed by atoms with Gasteiger partial charge in [0.2, 0.25) is 11.8 Å². The van der Waals surface area contributed by atoms with Crippen molar-refractivity contribution < 1.29 is 18.0 Å². The first-order chi connectivity index (χ1) is 14.9. The minimum atomic E-state index is -3.22. The zero-order valence-corrected chi connectivity index (χ0v) is 18.4. The molecule has 0 spiro atoms. The molecule has 1 heterocycles. The number of benzene rings is 2. The summed E-state index contributed by atoms with van der Waals surface area (Å²) in [6.45, 7) is 1.01. The highest BCUT2D eigenvalue weighted by Crippen LogP contribution is 2.30. The van der Waals surface area contributed by atoms with Crippen molar-refractivity contribution >= 4 is 21.7 Å². The maximum atomic E-state index is 12.4. The first kappa shape index (κ1) is 23.0. The normalized spacial score (nSPS) is 19.6. The van der Waals surface area contributed by atoms with Crippen LogP contribution in [0.15, 0.2) is 60.7 Å². The third-order valence-corrected chi connectivity index (χ3v) is 7.53. The fraction of sp³-hybridized carbons (Fsp3) is 0.417. The summed E-state index contributed by atoms with van der Waals surface area (Å²) in [7, 11) is -3.22. The second-order valence-corrected chi connectivity index (χ2v) is 10.3. The van der Waals surface area contributed by atoms with Crippen LogP contribution in [-0.2, 0) is 32.3 Å². The third kappa shape index (κ3) is 7.83. The molecule has 3 rings (SSSR count). The molecule has 1 fully saturated rings. The first-order valence-electron chi connectivity index (χ1n) is 10.7. The molecule has 166 valence electrons. The van der Waals surface area contributed by atoms with Gasteiger partial charge in [-0.2, -0.15) is 0 Å². The number of sulfone groups is 1. The highest BCUT2D eigenvalue weighted by molar-refractivity contribution is 7.91. The van der Waals surface area contributed by atoms with E-state index >= 15 is 0 Å². The topological polar surface area (TPSA) is 92.3 Å². The van der Waals surface area contributed by atoms with Crippen LogP contribution in [0, 0.1) is 11.8 Å². The molecule has 0 aromatic heterocycles. The summed E-state index contributed by atoms with van der Waals surface area (Å²) in [5, 5.41) is 5.75. The van der Waals surface area contributed by atoms with Gasteiger partial charge in [-0.1, -0.05) is 60.7 Å². The van der Waals surface area contributed by atoms with Gasteiger partial charge in [0, 0.05) is 25.9 Å². The lowest BCUT2D eigenvalue weighted by Gasteiger charge is -2.17. The molecule has 2 aromatic carbocycles. The van der Waals surface area contributed by atoms with Crippen molar-refractivity contribution in [1.29, 1.82) is 0 Å². The van der Waals surface area contributed by atoms with Crippen molar-refractivity contribution in [2.24, 2.45) is 11.8 Å². The number of carbonyl (C=O) groups excluding carboxylic acids is 2. The van der Waals surface area contributed by atoms with E-state index in [9.17, 15) is 18.0 Å². The molecule has 0 unspecified atom stereocenters. The summed E-state index contributed by atoms with van der Waals surface area (Å²) in [4.78, 5) is 24.7. The van der Waals surface area contributed by atoms with E-state index in [1.807, 2.05) is 60.7 Å². The Labute approximate surface area is 184 Å². The quantitative estimate of drug-likeness (QED) is 0.590. The lowest BCUT2D eigenvalue weighted by Crippen LogP contribution is -2.32. The van der Waals surface area contributed by atoms with E-state index in [-0.39, 0.29) is 48.0 Å². The molecular formula is C24H30N2O4S. The minimum Gasteiger partial charge on any atom is -0.356 e. The summed E-state index contributed by atoms with van der Waals surface area (Å²) in [5.41, 5.74) is 2.27. The standard InChI is InChI=1S/C24H30N2O4S/c27-23(25-13-11-19-7-3-1-4-8-19)15-21-17-31(29,30)18-22(21)16-24(28)26-14-12-20-9-5-2-6-10-20/h1-10,21-22H,11-18H2,(H,25,27)(H,26,28)/t21-,22-/m0/s1. The van der Waals surface area contributed by atoms with Gasteiger partial charge < -0.3 is 10.6 Å². The van der Waals surface area contributed by atoms with Crippen molar-refractivity contribution in [1.82, 2.24) is 10.6 Å². The van der Waals surface area contributed by atoms with Gasteiger partial charge in [-0.05, 0) is 35.8 Å². The Morgan fingerprint density at radius 2 is 1.10 bits per heavy atom. The average Bonchev–Trinajstić information content (AvgIpc) is 3.02. The summed E-state index contributed by atoms with van der Waals surface area (Å²) < 4.78 is 24.3. The van der Waals surface area contributed by atoms with E-state index < -0.39 is 9.84 Å². The van der Waals surface area contributed by atoms with Gasteiger partial charge >= 0.3 is 0 Å². The molecule has 1 saturated heterocycles. The summed E-state index contributed by atoms with van der Waals surface area (Å²) in [6.07, 6.45) is 1.72. The van der Waals surface area contributed by atoms with Gasteiger partial charge in [-0.15, -0.1) is 0 Å². The Morgan fingerprint density at radius 1 is 0.710 bits per heavy atom. The predicted octanol–water partition coefficient (Wildman–Crippen LogP) is 2.15. The molecule has 0 bridgehead atoms. The summed E-state index contributed by atoms with van der Waals surface area (Å²) >= 11 is 0. The largest absolute Gasteiger partial charge is 0.356 e. The molecule has 2 N–H and O–H groups in total. The van der Waals surface area contributed by atoms with E-state index in [1.165, 1.54) is 0 Å². The molecule has 2 atom stereocenters. The maximum Gasteiger partial charge on any atom is 0.220 e. The fourth-order valence-electron chi connectivity index (χ4n) is 4.05. The molecule has 0 radical (unpaired) electrons. The molecule has 2 aromatic rings. The van der Waals surface area contributed by atoms with Crippen LogP contribution < -0.4 is 10.6 Å². The number of hydrogen-bond donors (Lipinski definition) is 2. The zero-order chi connectivity index (χ0) is 22.1. The van der Waals surface area contributed by atoms with Gasteiger partial charge in [0.25, 0.3) is 0 Å². The highest BCUT2D eigenvalue weighted by atomic mass is 32.2. The molecule has 7 heteroatoms. The number of amides is 2. The van der Waals surface area contributed by atoms with Crippen LogP contribution in [0.5, 0.6) is 0 Å². The van der Waals surface area contributed by atoms with Crippen LogP contribution in [0.4, 0.5) is 0 Å². The smallest absolute Gasteiger partial charge is 0.220 e. The van der Waals surface area contributed by atoms with Crippen molar-refractivity contribution in [3.8, 4) is 0 Å². The lowest BCUT2D eigenvalue weighted by atomic mass is 9.89. The molecule has 0 aliphatic carbocycles. The predicted molar refractivity (Wildman–Crippen MR) is 121 cm³/mol. The Kier molecular flexibility index (Phi) is 8.23. The Morgan fingerprint density at radius 3 is 1.48 bits per heavy atom. The van der Waals surface area contributed by atoms with E-state index in [0.717, 1.165) is 24.0 Å². The number of nitrogens with one attached hydrogen (secondary N) is 2. The second kappa shape index (κ2) is 11.1. The van der Waals surface area contributed by atoms with Crippen LogP contribution in [0.1, 0.15) is 24.0 Å². The summed E-state index contributed by atoms with van der Waals surface area (Å²) in [5.74, 6) is -1.01. The second-order valence-electron chi connectivity index (χ2n) is 8.18. The number of carbonyl (C=O) groups is 2. The Hall–Kier alpha value is -2.67. The van der Waals surface area contributed by atoms with Crippen LogP contribution >= 0.6 is 0 Å². The van der Waals surface area contributed by atoms with Gasteiger partial charge in [0.15, 0.2) is 9.84 Å². The van der Waals surface area contributed by atoms with Gasteiger partial charge in [0.1, 0.15) is 0 Å². The van der Waals surface area contributed by atoms with Crippen molar-refractivity contribution in [3.05, 3.63) is 71.8 Å². The van der Waals surface area contributed by atoms with Crippen molar-refractivity contribution in [3.63, 3.8) is 0 Å². The molecule has 2 amide bonds. The van der Waals surface area contributed by atoms with Crippen molar-refractivity contribution in [2.75, 3.05) is 24.6 Å².